The van der Waals surface area contributed by atoms with E-state index in [-0.39, 0.29) is 17.9 Å². The van der Waals surface area contributed by atoms with E-state index in [0.717, 1.165) is 4.47 Å². The van der Waals surface area contributed by atoms with Crippen molar-refractivity contribution in [2.45, 2.75) is 13.5 Å². The minimum atomic E-state index is -0.187. The minimum absolute atomic E-state index is 0.0673. The van der Waals surface area contributed by atoms with E-state index >= 15 is 0 Å². The van der Waals surface area contributed by atoms with Gasteiger partial charge in [-0.25, -0.2) is 4.98 Å². The van der Waals surface area contributed by atoms with E-state index in [2.05, 4.69) is 20.9 Å². The van der Waals surface area contributed by atoms with E-state index in [1.54, 1.807) is 18.2 Å². The fourth-order valence-corrected chi connectivity index (χ4v) is 1.83. The summed E-state index contributed by atoms with van der Waals surface area (Å²) in [7, 11) is 0. The maximum atomic E-state index is 11.9. The van der Waals surface area contributed by atoms with Crippen molar-refractivity contribution in [2.24, 2.45) is 0 Å². The third-order valence-electron chi connectivity index (χ3n) is 2.18. The molecule has 2 aromatic rings. The molecule has 0 aliphatic rings. The van der Waals surface area contributed by atoms with Gasteiger partial charge in [-0.3, -0.25) is 14.2 Å². The summed E-state index contributed by atoms with van der Waals surface area (Å²) in [6, 6.07) is 5.25. The number of hydrogen-bond acceptors (Lipinski definition) is 3. The highest BCUT2D eigenvalue weighted by molar-refractivity contribution is 9.10. The van der Waals surface area contributed by atoms with Gasteiger partial charge in [-0.05, 0) is 25.1 Å². The van der Waals surface area contributed by atoms with Crippen molar-refractivity contribution in [3.05, 3.63) is 39.4 Å². The lowest BCUT2D eigenvalue weighted by atomic mass is 10.2. The Kier molecular flexibility index (Phi) is 2.87. The van der Waals surface area contributed by atoms with Crippen LogP contribution in [0.15, 0.2) is 33.8 Å². The number of fused-ring (bicyclic) bond motifs is 1. The van der Waals surface area contributed by atoms with Crippen LogP contribution in [-0.4, -0.2) is 15.3 Å². The summed E-state index contributed by atoms with van der Waals surface area (Å²) in [5, 5.41) is 0.520. The Morgan fingerprint density at radius 1 is 1.50 bits per heavy atom. The summed E-state index contributed by atoms with van der Waals surface area (Å²) in [6.45, 7) is 1.51. The molecule has 0 bridgehead atoms. The Bertz CT molecular complexity index is 619. The van der Waals surface area contributed by atoms with Crippen LogP contribution in [0.2, 0.25) is 0 Å². The number of halogens is 1. The van der Waals surface area contributed by atoms with Crippen molar-refractivity contribution in [2.75, 3.05) is 0 Å². The van der Waals surface area contributed by atoms with Gasteiger partial charge in [-0.1, -0.05) is 15.9 Å². The highest BCUT2D eigenvalue weighted by Gasteiger charge is 2.05. The fourth-order valence-electron chi connectivity index (χ4n) is 1.48. The van der Waals surface area contributed by atoms with Gasteiger partial charge in [0.25, 0.3) is 5.56 Å². The van der Waals surface area contributed by atoms with Crippen LogP contribution in [0.25, 0.3) is 10.9 Å². The normalized spacial score (nSPS) is 10.6. The molecule has 0 aliphatic carbocycles. The zero-order valence-electron chi connectivity index (χ0n) is 8.61. The first-order chi connectivity index (χ1) is 7.58. The lowest BCUT2D eigenvalue weighted by Crippen LogP contribution is -2.23. The Morgan fingerprint density at radius 3 is 2.94 bits per heavy atom. The zero-order chi connectivity index (χ0) is 11.7. The van der Waals surface area contributed by atoms with Crippen molar-refractivity contribution >= 4 is 32.6 Å². The Labute approximate surface area is 100 Å². The SMILES string of the molecule is CC(=O)Cn1cnc2cc(Br)ccc2c1=O. The van der Waals surface area contributed by atoms with Crippen LogP contribution in [-0.2, 0) is 11.3 Å². The molecule has 1 heterocycles. The largest absolute Gasteiger partial charge is 0.298 e. The van der Waals surface area contributed by atoms with E-state index in [1.807, 2.05) is 0 Å². The number of nitrogens with zero attached hydrogens (tertiary/aromatic N) is 2. The van der Waals surface area contributed by atoms with Gasteiger partial charge in [-0.15, -0.1) is 0 Å². The summed E-state index contributed by atoms with van der Waals surface area (Å²) >= 11 is 3.31. The summed E-state index contributed by atoms with van der Waals surface area (Å²) in [5.41, 5.74) is 0.437. The Morgan fingerprint density at radius 2 is 2.25 bits per heavy atom. The maximum absolute atomic E-state index is 11.9. The summed E-state index contributed by atoms with van der Waals surface area (Å²) < 4.78 is 2.19. The molecule has 0 spiro atoms. The second-order valence-electron chi connectivity index (χ2n) is 3.54. The van der Waals surface area contributed by atoms with E-state index < -0.39 is 0 Å². The lowest BCUT2D eigenvalue weighted by Gasteiger charge is -2.04. The molecule has 0 fully saturated rings. The number of benzene rings is 1. The van der Waals surface area contributed by atoms with Gasteiger partial charge < -0.3 is 0 Å². The minimum Gasteiger partial charge on any atom is -0.298 e. The fraction of sp³-hybridized carbons (Fsp3) is 0.182. The van der Waals surface area contributed by atoms with Gasteiger partial charge >= 0.3 is 0 Å². The molecule has 0 amide bonds. The van der Waals surface area contributed by atoms with Crippen LogP contribution in [0.5, 0.6) is 0 Å². The number of hydrogen-bond donors (Lipinski definition) is 0. The van der Waals surface area contributed by atoms with E-state index in [0.29, 0.717) is 10.9 Å². The first-order valence-corrected chi connectivity index (χ1v) is 5.51. The average Bonchev–Trinajstić information content (AvgIpc) is 2.22. The number of ketones is 1. The second-order valence-corrected chi connectivity index (χ2v) is 4.46. The van der Waals surface area contributed by atoms with Crippen molar-refractivity contribution < 1.29 is 4.79 Å². The third kappa shape index (κ3) is 2.04. The Balaban J connectivity index is 2.66. The molecule has 4 nitrogen and oxygen atoms in total. The van der Waals surface area contributed by atoms with Crippen molar-refractivity contribution in [1.29, 1.82) is 0 Å². The first kappa shape index (κ1) is 11.0. The highest BCUT2D eigenvalue weighted by Crippen LogP contribution is 2.14. The van der Waals surface area contributed by atoms with Crippen LogP contribution in [0.1, 0.15) is 6.92 Å². The molecule has 0 saturated heterocycles. The van der Waals surface area contributed by atoms with Gasteiger partial charge in [-0.2, -0.15) is 0 Å². The zero-order valence-corrected chi connectivity index (χ0v) is 10.2. The van der Waals surface area contributed by atoms with Crippen LogP contribution in [0, 0.1) is 0 Å². The monoisotopic (exact) mass is 280 g/mol. The van der Waals surface area contributed by atoms with Gasteiger partial charge in [0.15, 0.2) is 0 Å². The molecule has 0 unspecified atom stereocenters. The third-order valence-corrected chi connectivity index (χ3v) is 2.67. The van der Waals surface area contributed by atoms with Gasteiger partial charge in [0.1, 0.15) is 5.78 Å². The Hall–Kier alpha value is -1.49. The van der Waals surface area contributed by atoms with Gasteiger partial charge in [0, 0.05) is 4.47 Å². The van der Waals surface area contributed by atoms with Gasteiger partial charge in [0.2, 0.25) is 0 Å². The quantitative estimate of drug-likeness (QED) is 0.842. The number of carbonyl (C=O) groups is 1. The van der Waals surface area contributed by atoms with Crippen LogP contribution in [0.3, 0.4) is 0 Å². The summed E-state index contributed by atoms with van der Waals surface area (Å²) in [4.78, 5) is 27.0. The number of rotatable bonds is 2. The molecule has 0 radical (unpaired) electrons. The van der Waals surface area contributed by atoms with E-state index in [1.165, 1.54) is 17.8 Å². The predicted molar refractivity (Wildman–Crippen MR) is 64.4 cm³/mol. The molecule has 82 valence electrons. The highest BCUT2D eigenvalue weighted by atomic mass is 79.9. The molecule has 2 rings (SSSR count). The number of carbonyl (C=O) groups excluding carboxylic acids is 1. The first-order valence-electron chi connectivity index (χ1n) is 4.72. The van der Waals surface area contributed by atoms with Crippen molar-refractivity contribution in [3.8, 4) is 0 Å². The lowest BCUT2D eigenvalue weighted by molar-refractivity contribution is -0.117. The van der Waals surface area contributed by atoms with Crippen LogP contribution in [0.4, 0.5) is 0 Å². The maximum Gasteiger partial charge on any atom is 0.261 e. The average molecular weight is 281 g/mol. The van der Waals surface area contributed by atoms with Crippen LogP contribution < -0.4 is 5.56 Å². The predicted octanol–water partition coefficient (Wildman–Crippen LogP) is 1.75. The topological polar surface area (TPSA) is 52.0 Å². The van der Waals surface area contributed by atoms with E-state index in [4.69, 9.17) is 0 Å². The molecule has 0 saturated carbocycles. The van der Waals surface area contributed by atoms with Crippen molar-refractivity contribution in [1.82, 2.24) is 9.55 Å². The summed E-state index contributed by atoms with van der Waals surface area (Å²) in [6.07, 6.45) is 1.40. The number of aromatic nitrogens is 2. The second kappa shape index (κ2) is 4.17. The molecule has 5 heteroatoms. The van der Waals surface area contributed by atoms with Crippen molar-refractivity contribution in [3.63, 3.8) is 0 Å². The molecular formula is C11H9BrN2O2. The smallest absolute Gasteiger partial charge is 0.261 e. The van der Waals surface area contributed by atoms with E-state index in [9.17, 15) is 9.59 Å². The molecule has 1 aromatic carbocycles. The standard InChI is InChI=1S/C11H9BrN2O2/c1-7(15)5-14-6-13-10-4-8(12)2-3-9(10)11(14)16/h2-4,6H,5H2,1H3. The molecule has 0 atom stereocenters. The van der Waals surface area contributed by atoms with Crippen LogP contribution >= 0.6 is 15.9 Å². The molecule has 0 N–H and O–H groups in total. The number of Topliss-reactive ketones (excluding diaryl/α,β-unsaturated/α-hetero) is 1. The summed E-state index contributed by atoms with van der Waals surface area (Å²) in [5.74, 6) is -0.0691. The molecule has 0 aliphatic heterocycles. The molecular weight excluding hydrogens is 272 g/mol. The molecule has 1 aromatic heterocycles. The molecule has 16 heavy (non-hydrogen) atoms. The van der Waals surface area contributed by atoms with Gasteiger partial charge in [0.05, 0.1) is 23.8 Å².